The molecule has 0 radical (unpaired) electrons. The summed E-state index contributed by atoms with van der Waals surface area (Å²) in [6.45, 7) is 9.68. The largest absolute Gasteiger partial charge is 0.465 e. The van der Waals surface area contributed by atoms with Gasteiger partial charge in [0.1, 0.15) is 18.1 Å². The van der Waals surface area contributed by atoms with Gasteiger partial charge in [0, 0.05) is 31.9 Å². The van der Waals surface area contributed by atoms with E-state index in [-0.39, 0.29) is 53.9 Å². The van der Waals surface area contributed by atoms with Crippen LogP contribution in [0, 0.1) is 28.6 Å². The van der Waals surface area contributed by atoms with Gasteiger partial charge in [0.15, 0.2) is 0 Å². The molecule has 2 aliphatic heterocycles. The average molecular weight is 850 g/mol. The van der Waals surface area contributed by atoms with E-state index in [2.05, 4.69) is 26.3 Å². The minimum Gasteiger partial charge on any atom is -0.465 e. The summed E-state index contributed by atoms with van der Waals surface area (Å²) in [6.07, 6.45) is 3.17. The lowest BCUT2D eigenvalue weighted by atomic mass is 9.83. The van der Waals surface area contributed by atoms with Crippen molar-refractivity contribution in [1.29, 1.82) is 0 Å². The maximum atomic E-state index is 14.8. The van der Waals surface area contributed by atoms with Gasteiger partial charge in [0.2, 0.25) is 24.1 Å². The van der Waals surface area contributed by atoms with Gasteiger partial charge in [-0.3, -0.25) is 33.9 Å². The fraction of sp³-hybridized carbons (Fsp3) is 0.591. The maximum absolute atomic E-state index is 14.8. The number of pyridine rings is 1. The van der Waals surface area contributed by atoms with E-state index in [0.717, 1.165) is 29.7 Å². The molecule has 3 heterocycles. The number of amides is 7. The molecule has 61 heavy (non-hydrogen) atoms. The molecule has 0 spiro atoms. The molecule has 2 saturated carbocycles. The standard InChI is InChI=1S/C44H57F2N7O8/c1-43(2,3)31(23-53-38(56)27-17-18-47-21-28(27)39(53)57)50-42(60)51-34(25-10-8-7-9-11-25)40(58)52-22-29-33(44(29,4)5)35(52)37(55)49-30(20-32(45)46)36(54)48-19-16-24-12-14-26(15-13-24)41(59)61-6/h12-15,17-18,21,25,29-35H,7-11,16,19-20,22-23H2,1-6H3,(H,48,54)(H,49,55)(H2,50,51,60)/t29-,30-,31+,33-,34-,35-/m0/s1. The lowest BCUT2D eigenvalue weighted by molar-refractivity contribution is -0.144. The first kappa shape index (κ1) is 45.1. The second kappa shape index (κ2) is 18.2. The van der Waals surface area contributed by atoms with E-state index < -0.39 is 84.0 Å². The number of fused-ring (bicyclic) bond motifs is 2. The van der Waals surface area contributed by atoms with Gasteiger partial charge in [-0.15, -0.1) is 0 Å². The summed E-state index contributed by atoms with van der Waals surface area (Å²) in [5, 5.41) is 11.0. The number of hydrogen-bond acceptors (Lipinski definition) is 9. The van der Waals surface area contributed by atoms with Crippen LogP contribution in [-0.2, 0) is 25.5 Å². The third-order valence-electron chi connectivity index (χ3n) is 13.1. The number of methoxy groups -OCH3 is 1. The van der Waals surface area contributed by atoms with Crippen molar-refractivity contribution < 1.29 is 47.1 Å². The zero-order chi connectivity index (χ0) is 44.4. The van der Waals surface area contributed by atoms with Crippen LogP contribution in [-0.4, -0.2) is 114 Å². The van der Waals surface area contributed by atoms with Crippen molar-refractivity contribution in [2.75, 3.05) is 26.7 Å². The van der Waals surface area contributed by atoms with E-state index in [1.54, 1.807) is 24.3 Å². The van der Waals surface area contributed by atoms with Crippen LogP contribution in [0.1, 0.15) is 110 Å². The highest BCUT2D eigenvalue weighted by Crippen LogP contribution is 2.65. The van der Waals surface area contributed by atoms with Crippen molar-refractivity contribution in [3.8, 4) is 0 Å². The minimum absolute atomic E-state index is 0.0684. The zero-order valence-electron chi connectivity index (χ0n) is 35.6. The number of carbonyl (C=O) groups excluding carboxylic acids is 7. The van der Waals surface area contributed by atoms with Crippen molar-refractivity contribution >= 4 is 41.5 Å². The van der Waals surface area contributed by atoms with Crippen molar-refractivity contribution in [1.82, 2.24) is 36.1 Å². The first-order valence-corrected chi connectivity index (χ1v) is 21.0. The van der Waals surface area contributed by atoms with Gasteiger partial charge >= 0.3 is 12.0 Å². The molecule has 2 aliphatic carbocycles. The number of ether oxygens (including phenoxy) is 1. The smallest absolute Gasteiger partial charge is 0.337 e. The Balaban J connectivity index is 1.15. The highest BCUT2D eigenvalue weighted by Gasteiger charge is 2.69. The van der Waals surface area contributed by atoms with Gasteiger partial charge in [0.25, 0.3) is 11.8 Å². The lowest BCUT2D eigenvalue weighted by Crippen LogP contribution is -2.62. The van der Waals surface area contributed by atoms with Crippen LogP contribution < -0.4 is 21.3 Å². The number of hydrogen-bond donors (Lipinski definition) is 4. The van der Waals surface area contributed by atoms with Crippen LogP contribution in [0.4, 0.5) is 13.6 Å². The van der Waals surface area contributed by atoms with Crippen LogP contribution in [0.5, 0.6) is 0 Å². The maximum Gasteiger partial charge on any atom is 0.337 e. The zero-order valence-corrected chi connectivity index (χ0v) is 35.6. The predicted octanol–water partition coefficient (Wildman–Crippen LogP) is 4.11. The van der Waals surface area contributed by atoms with E-state index in [4.69, 9.17) is 4.74 Å². The number of benzene rings is 1. The van der Waals surface area contributed by atoms with E-state index in [1.807, 2.05) is 34.6 Å². The SMILES string of the molecule is COC(=O)c1ccc(CCNC(=O)[C@H](CC(F)F)NC(=O)[C@@H]2[C@@H]3[C@H](CN2C(=O)[C@@H](NC(=O)N[C@H](CN2C(=O)c4ccncc4C2=O)C(C)(C)C)C2CCCCC2)C3(C)C)cc1. The normalized spacial score (nSPS) is 22.1. The molecule has 1 aromatic carbocycles. The number of carbonyl (C=O) groups is 7. The molecule has 1 saturated heterocycles. The van der Waals surface area contributed by atoms with Crippen LogP contribution in [0.25, 0.3) is 0 Å². The fourth-order valence-electron chi connectivity index (χ4n) is 9.25. The third-order valence-corrected chi connectivity index (χ3v) is 13.1. The van der Waals surface area contributed by atoms with Crippen LogP contribution >= 0.6 is 0 Å². The Labute approximate surface area is 354 Å². The Morgan fingerprint density at radius 2 is 1.61 bits per heavy atom. The van der Waals surface area contributed by atoms with Gasteiger partial charge in [-0.2, -0.15) is 0 Å². The number of aromatic nitrogens is 1. The summed E-state index contributed by atoms with van der Waals surface area (Å²) >= 11 is 0. The lowest BCUT2D eigenvalue weighted by Gasteiger charge is -2.38. The Hall–Kier alpha value is -5.48. The number of rotatable bonds is 15. The topological polar surface area (TPSA) is 196 Å². The number of imide groups is 1. The molecule has 3 fully saturated rings. The number of piperidine rings is 1. The average Bonchev–Trinajstić information content (AvgIpc) is 3.46. The molecular formula is C44H57F2N7O8. The van der Waals surface area contributed by atoms with Crippen molar-refractivity contribution in [3.63, 3.8) is 0 Å². The molecule has 330 valence electrons. The number of likely N-dealkylation sites (tertiary alicyclic amines) is 1. The van der Waals surface area contributed by atoms with Crippen molar-refractivity contribution in [3.05, 3.63) is 65.0 Å². The Morgan fingerprint density at radius 1 is 0.934 bits per heavy atom. The fourth-order valence-corrected chi connectivity index (χ4v) is 9.25. The molecule has 2 aromatic rings. The van der Waals surface area contributed by atoms with E-state index in [0.29, 0.717) is 24.8 Å². The molecule has 0 bridgehead atoms. The molecule has 15 nitrogen and oxygen atoms in total. The number of esters is 1. The molecule has 7 amide bonds. The molecule has 17 heteroatoms. The summed E-state index contributed by atoms with van der Waals surface area (Å²) in [7, 11) is 1.27. The number of nitrogens with zero attached hydrogens (tertiary/aromatic N) is 3. The molecule has 4 N–H and O–H groups in total. The van der Waals surface area contributed by atoms with Gasteiger partial charge in [-0.05, 0) is 71.6 Å². The van der Waals surface area contributed by atoms with E-state index in [9.17, 15) is 42.3 Å². The summed E-state index contributed by atoms with van der Waals surface area (Å²) in [6, 6.07) is 2.90. The van der Waals surface area contributed by atoms with Gasteiger partial charge < -0.3 is 30.9 Å². The predicted molar refractivity (Wildman–Crippen MR) is 218 cm³/mol. The Morgan fingerprint density at radius 3 is 2.23 bits per heavy atom. The first-order chi connectivity index (χ1) is 28.8. The summed E-state index contributed by atoms with van der Waals surface area (Å²) in [5.74, 6) is -4.13. The second-order valence-corrected chi connectivity index (χ2v) is 18.4. The Kier molecular flexibility index (Phi) is 13.5. The number of halogens is 2. The van der Waals surface area contributed by atoms with Crippen LogP contribution in [0.3, 0.4) is 0 Å². The monoisotopic (exact) mass is 849 g/mol. The molecule has 0 unspecified atom stereocenters. The molecule has 6 atom stereocenters. The summed E-state index contributed by atoms with van der Waals surface area (Å²) in [4.78, 5) is 101. The quantitative estimate of drug-likeness (QED) is 0.151. The van der Waals surface area contributed by atoms with Crippen molar-refractivity contribution in [2.24, 2.45) is 28.6 Å². The molecule has 6 rings (SSSR count). The highest BCUT2D eigenvalue weighted by atomic mass is 19.3. The Bertz CT molecular complexity index is 1980. The van der Waals surface area contributed by atoms with Crippen molar-refractivity contribution in [2.45, 2.75) is 110 Å². The third kappa shape index (κ3) is 9.86. The van der Waals surface area contributed by atoms with Crippen LogP contribution in [0.15, 0.2) is 42.7 Å². The summed E-state index contributed by atoms with van der Waals surface area (Å²) in [5.41, 5.74) is 0.553. The van der Waals surface area contributed by atoms with Gasteiger partial charge in [-0.25, -0.2) is 18.4 Å². The highest BCUT2D eigenvalue weighted by molar-refractivity contribution is 6.21. The van der Waals surface area contributed by atoms with Gasteiger partial charge in [-0.1, -0.05) is 66.0 Å². The van der Waals surface area contributed by atoms with Gasteiger partial charge in [0.05, 0.1) is 36.4 Å². The number of nitrogens with one attached hydrogen (secondary N) is 4. The second-order valence-electron chi connectivity index (χ2n) is 18.4. The number of urea groups is 1. The molecular weight excluding hydrogens is 793 g/mol. The molecule has 1 aromatic heterocycles. The van der Waals surface area contributed by atoms with Crippen LogP contribution in [0.2, 0.25) is 0 Å². The van der Waals surface area contributed by atoms with E-state index in [1.165, 1.54) is 30.5 Å². The summed E-state index contributed by atoms with van der Waals surface area (Å²) < 4.78 is 32.5. The first-order valence-electron chi connectivity index (χ1n) is 21.0. The van der Waals surface area contributed by atoms with E-state index >= 15 is 0 Å². The minimum atomic E-state index is -2.92. The number of alkyl halides is 2. The molecule has 4 aliphatic rings.